The maximum Gasteiger partial charge on any atom is 0.137 e. The lowest BCUT2D eigenvalue weighted by Gasteiger charge is -2.12. The van der Waals surface area contributed by atoms with Crippen LogP contribution in [0.4, 0.5) is 4.39 Å². The number of halogens is 2. The smallest absolute Gasteiger partial charge is 0.137 e. The van der Waals surface area contributed by atoms with Crippen molar-refractivity contribution < 1.29 is 9.50 Å². The van der Waals surface area contributed by atoms with Gasteiger partial charge in [-0.05, 0) is 46.1 Å². The Morgan fingerprint density at radius 2 is 1.65 bits per heavy atom. The number of rotatable bonds is 2. The molecule has 1 atom stereocenters. The van der Waals surface area contributed by atoms with Gasteiger partial charge in [-0.3, -0.25) is 0 Å². The second-order valence-corrected chi connectivity index (χ2v) is 4.84. The van der Waals surface area contributed by atoms with Crippen molar-refractivity contribution in [3.63, 3.8) is 0 Å². The summed E-state index contributed by atoms with van der Waals surface area (Å²) in [7, 11) is 0. The van der Waals surface area contributed by atoms with E-state index in [4.69, 9.17) is 0 Å². The first kappa shape index (κ1) is 12.3. The Balaban J connectivity index is 2.33. The van der Waals surface area contributed by atoms with E-state index in [1.54, 1.807) is 12.1 Å². The van der Waals surface area contributed by atoms with Gasteiger partial charge in [-0.25, -0.2) is 4.39 Å². The third-order valence-electron chi connectivity index (χ3n) is 2.65. The first-order valence-corrected chi connectivity index (χ1v) is 6.07. The molecule has 2 rings (SSSR count). The molecular formula is C14H12BrFO. The molecule has 0 saturated carbocycles. The van der Waals surface area contributed by atoms with E-state index >= 15 is 0 Å². The van der Waals surface area contributed by atoms with E-state index in [-0.39, 0.29) is 5.82 Å². The van der Waals surface area contributed by atoms with E-state index in [0.717, 1.165) is 11.1 Å². The molecule has 2 aromatic rings. The summed E-state index contributed by atoms with van der Waals surface area (Å²) in [6.45, 7) is 1.98. The molecule has 1 N–H and O–H groups in total. The molecule has 0 aliphatic rings. The summed E-state index contributed by atoms with van der Waals surface area (Å²) in [4.78, 5) is 0. The van der Waals surface area contributed by atoms with Gasteiger partial charge in [0.15, 0.2) is 0 Å². The minimum absolute atomic E-state index is 0.367. The summed E-state index contributed by atoms with van der Waals surface area (Å²) in [6.07, 6.45) is -0.793. The molecule has 3 heteroatoms. The van der Waals surface area contributed by atoms with Gasteiger partial charge in [0.2, 0.25) is 0 Å². The largest absolute Gasteiger partial charge is 0.384 e. The van der Waals surface area contributed by atoms with Gasteiger partial charge in [-0.2, -0.15) is 0 Å². The molecule has 2 aromatic carbocycles. The number of aliphatic hydroxyl groups is 1. The average molecular weight is 295 g/mol. The summed E-state index contributed by atoms with van der Waals surface area (Å²) in [6, 6.07) is 12.2. The van der Waals surface area contributed by atoms with Gasteiger partial charge in [-0.15, -0.1) is 0 Å². The van der Waals surface area contributed by atoms with Crippen molar-refractivity contribution in [2.24, 2.45) is 0 Å². The van der Waals surface area contributed by atoms with Crippen LogP contribution in [-0.2, 0) is 0 Å². The molecule has 0 heterocycles. The van der Waals surface area contributed by atoms with Crippen LogP contribution in [0.15, 0.2) is 46.9 Å². The highest BCUT2D eigenvalue weighted by Gasteiger charge is 2.11. The van der Waals surface area contributed by atoms with Crippen molar-refractivity contribution in [3.8, 4) is 0 Å². The van der Waals surface area contributed by atoms with Gasteiger partial charge in [0.25, 0.3) is 0 Å². The summed E-state index contributed by atoms with van der Waals surface area (Å²) >= 11 is 3.09. The topological polar surface area (TPSA) is 20.2 Å². The molecule has 0 saturated heterocycles. The second kappa shape index (κ2) is 4.98. The fourth-order valence-electron chi connectivity index (χ4n) is 1.62. The van der Waals surface area contributed by atoms with Gasteiger partial charge in [-0.1, -0.05) is 35.9 Å². The standard InChI is InChI=1S/C14H12BrFO/c1-9-2-4-10(5-3-9)14(17)11-6-7-12(15)13(16)8-11/h2-8,14,17H,1H3. The van der Waals surface area contributed by atoms with Gasteiger partial charge < -0.3 is 5.11 Å². The number of aliphatic hydroxyl groups excluding tert-OH is 1. The van der Waals surface area contributed by atoms with Crippen molar-refractivity contribution >= 4 is 15.9 Å². The van der Waals surface area contributed by atoms with Crippen molar-refractivity contribution in [1.82, 2.24) is 0 Å². The van der Waals surface area contributed by atoms with E-state index in [0.29, 0.717) is 10.0 Å². The summed E-state index contributed by atoms with van der Waals surface area (Å²) in [5.74, 6) is -0.367. The van der Waals surface area contributed by atoms with Crippen LogP contribution >= 0.6 is 15.9 Å². The molecule has 0 bridgehead atoms. The number of hydrogen-bond acceptors (Lipinski definition) is 1. The predicted octanol–water partition coefficient (Wildman–Crippen LogP) is 3.98. The third kappa shape index (κ3) is 2.73. The summed E-state index contributed by atoms with van der Waals surface area (Å²) < 4.78 is 13.8. The molecule has 1 unspecified atom stereocenters. The Bertz CT molecular complexity index is 522. The maximum absolute atomic E-state index is 13.4. The lowest BCUT2D eigenvalue weighted by molar-refractivity contribution is 0.220. The van der Waals surface area contributed by atoms with E-state index in [1.165, 1.54) is 6.07 Å². The number of aryl methyl sites for hydroxylation is 1. The fourth-order valence-corrected chi connectivity index (χ4v) is 1.87. The lowest BCUT2D eigenvalue weighted by atomic mass is 10.0. The van der Waals surface area contributed by atoms with Crippen molar-refractivity contribution in [3.05, 3.63) is 69.4 Å². The Kier molecular flexibility index (Phi) is 3.60. The molecule has 17 heavy (non-hydrogen) atoms. The van der Waals surface area contributed by atoms with E-state index < -0.39 is 6.10 Å². The van der Waals surface area contributed by atoms with E-state index in [1.807, 2.05) is 31.2 Å². The van der Waals surface area contributed by atoms with Crippen LogP contribution in [0.25, 0.3) is 0 Å². The quantitative estimate of drug-likeness (QED) is 0.888. The summed E-state index contributed by atoms with van der Waals surface area (Å²) in [5.41, 5.74) is 2.44. The normalized spacial score (nSPS) is 12.5. The lowest BCUT2D eigenvalue weighted by Crippen LogP contribution is -2.00. The van der Waals surface area contributed by atoms with Crippen LogP contribution in [0.1, 0.15) is 22.8 Å². The van der Waals surface area contributed by atoms with Gasteiger partial charge in [0, 0.05) is 0 Å². The predicted molar refractivity (Wildman–Crippen MR) is 69.3 cm³/mol. The monoisotopic (exact) mass is 294 g/mol. The van der Waals surface area contributed by atoms with Crippen LogP contribution in [0, 0.1) is 12.7 Å². The molecule has 0 aliphatic heterocycles. The van der Waals surface area contributed by atoms with Crippen molar-refractivity contribution in [2.75, 3.05) is 0 Å². The van der Waals surface area contributed by atoms with Crippen LogP contribution in [0.5, 0.6) is 0 Å². The van der Waals surface area contributed by atoms with Crippen LogP contribution in [-0.4, -0.2) is 5.11 Å². The first-order chi connectivity index (χ1) is 8.08. The molecule has 0 amide bonds. The molecular weight excluding hydrogens is 283 g/mol. The second-order valence-electron chi connectivity index (χ2n) is 3.99. The van der Waals surface area contributed by atoms with Gasteiger partial charge in [0.05, 0.1) is 4.47 Å². The zero-order valence-corrected chi connectivity index (χ0v) is 10.9. The molecule has 88 valence electrons. The Morgan fingerprint density at radius 3 is 2.24 bits per heavy atom. The Labute approximate surface area is 108 Å². The molecule has 0 aromatic heterocycles. The molecule has 1 nitrogen and oxygen atoms in total. The number of benzene rings is 2. The highest BCUT2D eigenvalue weighted by molar-refractivity contribution is 9.10. The average Bonchev–Trinajstić information content (AvgIpc) is 2.33. The number of hydrogen-bond donors (Lipinski definition) is 1. The molecule has 0 fully saturated rings. The minimum atomic E-state index is -0.793. The Morgan fingerprint density at radius 1 is 1.06 bits per heavy atom. The minimum Gasteiger partial charge on any atom is -0.384 e. The van der Waals surface area contributed by atoms with E-state index in [2.05, 4.69) is 15.9 Å². The maximum atomic E-state index is 13.4. The first-order valence-electron chi connectivity index (χ1n) is 5.27. The van der Waals surface area contributed by atoms with Crippen molar-refractivity contribution in [1.29, 1.82) is 0 Å². The zero-order chi connectivity index (χ0) is 12.4. The molecule has 0 spiro atoms. The highest BCUT2D eigenvalue weighted by Crippen LogP contribution is 2.25. The molecule has 0 radical (unpaired) electrons. The van der Waals surface area contributed by atoms with E-state index in [9.17, 15) is 9.50 Å². The van der Waals surface area contributed by atoms with Crippen LogP contribution < -0.4 is 0 Å². The van der Waals surface area contributed by atoms with Gasteiger partial charge in [0.1, 0.15) is 11.9 Å². The third-order valence-corrected chi connectivity index (χ3v) is 3.30. The fraction of sp³-hybridized carbons (Fsp3) is 0.143. The highest BCUT2D eigenvalue weighted by atomic mass is 79.9. The van der Waals surface area contributed by atoms with Gasteiger partial charge >= 0.3 is 0 Å². The Hall–Kier alpha value is -1.19. The molecule has 0 aliphatic carbocycles. The van der Waals surface area contributed by atoms with Crippen LogP contribution in [0.3, 0.4) is 0 Å². The zero-order valence-electron chi connectivity index (χ0n) is 9.32. The SMILES string of the molecule is Cc1ccc(C(O)c2ccc(Br)c(F)c2)cc1. The summed E-state index contributed by atoms with van der Waals surface area (Å²) in [5, 5.41) is 10.1. The van der Waals surface area contributed by atoms with Crippen LogP contribution in [0.2, 0.25) is 0 Å². The van der Waals surface area contributed by atoms with Crippen molar-refractivity contribution in [2.45, 2.75) is 13.0 Å².